The van der Waals surface area contributed by atoms with E-state index in [1.807, 2.05) is 0 Å². The first-order valence-electron chi connectivity index (χ1n) is 33.1. The van der Waals surface area contributed by atoms with Crippen molar-refractivity contribution in [1.82, 2.24) is 0 Å². The van der Waals surface area contributed by atoms with Crippen molar-refractivity contribution < 1.29 is 14.0 Å². The SMILES string of the molecule is CCCCCCCCCCCCSC(CCCCCCCC)CCCCCCCCCOCC(C[N+](C)(C)C)OCCCCCCCCCC(CCCCCCCC)SCCCCCCCCCCCC.[CH3-]. The lowest BCUT2D eigenvalue weighted by Gasteiger charge is -2.29. The molecule has 0 aromatic rings. The summed E-state index contributed by atoms with van der Waals surface area (Å²) in [6.07, 6.45) is 71.4. The van der Waals surface area contributed by atoms with Crippen LogP contribution in [0.3, 0.4) is 0 Å². The van der Waals surface area contributed by atoms with Crippen molar-refractivity contribution in [3.05, 3.63) is 7.43 Å². The van der Waals surface area contributed by atoms with Gasteiger partial charge in [0.25, 0.3) is 0 Å². The monoisotopic (exact) mass is 1050 g/mol. The Kier molecular flexibility index (Phi) is 64.7. The molecule has 0 aromatic carbocycles. The van der Waals surface area contributed by atoms with Gasteiger partial charge >= 0.3 is 0 Å². The molecule has 0 aliphatic carbocycles. The molecule has 0 spiro atoms. The molecule has 72 heavy (non-hydrogen) atoms. The molecule has 0 aliphatic rings. The number of ether oxygens (including phenoxy) is 2. The molecule has 436 valence electrons. The van der Waals surface area contributed by atoms with E-state index in [2.05, 4.69) is 72.4 Å². The second-order valence-corrected chi connectivity index (χ2v) is 26.8. The fourth-order valence-electron chi connectivity index (χ4n) is 10.7. The summed E-state index contributed by atoms with van der Waals surface area (Å²) in [7, 11) is 6.87. The molecule has 3 atom stereocenters. The van der Waals surface area contributed by atoms with Crippen molar-refractivity contribution in [3.63, 3.8) is 0 Å². The van der Waals surface area contributed by atoms with Crippen molar-refractivity contribution >= 4 is 23.5 Å². The second kappa shape index (κ2) is 62.4. The highest BCUT2D eigenvalue weighted by atomic mass is 32.2. The Morgan fingerprint density at radius 2 is 0.556 bits per heavy atom. The molecule has 3 unspecified atom stereocenters. The minimum atomic E-state index is 0. The van der Waals surface area contributed by atoms with Crippen LogP contribution in [0.1, 0.15) is 349 Å². The summed E-state index contributed by atoms with van der Waals surface area (Å²) in [4.78, 5) is 0. The smallest absolute Gasteiger partial charge is 0.130 e. The molecule has 0 aliphatic heterocycles. The molecule has 3 nitrogen and oxygen atoms in total. The predicted molar refractivity (Wildman–Crippen MR) is 336 cm³/mol. The Labute approximate surface area is 466 Å². The van der Waals surface area contributed by atoms with Gasteiger partial charge in [0, 0.05) is 23.7 Å². The van der Waals surface area contributed by atoms with Crippen LogP contribution >= 0.6 is 23.5 Å². The Balaban J connectivity index is 0. The van der Waals surface area contributed by atoms with Crippen molar-refractivity contribution in [2.75, 3.05) is 59.0 Å². The van der Waals surface area contributed by atoms with Gasteiger partial charge in [-0.25, -0.2) is 0 Å². The highest BCUT2D eigenvalue weighted by Gasteiger charge is 2.19. The van der Waals surface area contributed by atoms with E-state index in [0.717, 1.165) is 41.3 Å². The lowest BCUT2D eigenvalue weighted by atomic mass is 10.0. The summed E-state index contributed by atoms with van der Waals surface area (Å²) in [5, 5.41) is 1.83. The van der Waals surface area contributed by atoms with Crippen LogP contribution in [0.15, 0.2) is 0 Å². The van der Waals surface area contributed by atoms with E-state index in [1.54, 1.807) is 0 Å². The molecular formula is C67H139NO2S2. The van der Waals surface area contributed by atoms with Gasteiger partial charge in [-0.1, -0.05) is 297 Å². The summed E-state index contributed by atoms with van der Waals surface area (Å²) >= 11 is 4.69. The first kappa shape index (κ1) is 74.7. The average molecular weight is 1050 g/mol. The first-order valence-corrected chi connectivity index (χ1v) is 35.2. The molecule has 0 aromatic heterocycles. The lowest BCUT2D eigenvalue weighted by Crippen LogP contribution is -2.44. The molecule has 0 rings (SSSR count). The van der Waals surface area contributed by atoms with Gasteiger partial charge in [-0.3, -0.25) is 0 Å². The first-order chi connectivity index (χ1) is 34.9. The molecule has 0 bridgehead atoms. The number of nitrogens with zero attached hydrogens (tertiary/aromatic N) is 1. The van der Waals surface area contributed by atoms with Crippen LogP contribution in [0.5, 0.6) is 0 Å². The average Bonchev–Trinajstić information content (AvgIpc) is 3.35. The fraction of sp³-hybridized carbons (Fsp3) is 0.985. The zero-order valence-corrected chi connectivity index (χ0v) is 53.0. The van der Waals surface area contributed by atoms with E-state index in [0.29, 0.717) is 0 Å². The van der Waals surface area contributed by atoms with E-state index >= 15 is 0 Å². The summed E-state index contributed by atoms with van der Waals surface area (Å²) in [6, 6.07) is 0. The van der Waals surface area contributed by atoms with Gasteiger partial charge in [0.2, 0.25) is 0 Å². The predicted octanol–water partition coefficient (Wildman–Crippen LogP) is 23.3. The zero-order chi connectivity index (χ0) is 51.7. The van der Waals surface area contributed by atoms with Crippen LogP contribution in [0, 0.1) is 7.43 Å². The molecule has 5 heteroatoms. The van der Waals surface area contributed by atoms with Gasteiger partial charge in [-0.15, -0.1) is 0 Å². The fourth-order valence-corrected chi connectivity index (χ4v) is 13.4. The van der Waals surface area contributed by atoms with Gasteiger partial charge in [0.15, 0.2) is 0 Å². The molecule has 0 amide bonds. The van der Waals surface area contributed by atoms with Crippen LogP contribution in [-0.4, -0.2) is 80.1 Å². The number of hydrogen-bond acceptors (Lipinski definition) is 4. The standard InChI is InChI=1S/C66H136NO2S2.CH3/c1-8-12-16-20-24-26-28-36-44-52-60-70-65(54-46-38-22-18-14-10-3)56-48-40-32-30-34-42-50-58-68-63-64(62-67(5,6)7)69-59-51-43-35-31-33-41-49-57-66(55-47-39-23-19-15-11-4)71-61-53-45-37-29-27-25-21-17-13-9-2;/h64-66H,8-63H2,1-7H3;1H3/q+1;-1. The zero-order valence-electron chi connectivity index (χ0n) is 51.4. The third kappa shape index (κ3) is 61.4. The van der Waals surface area contributed by atoms with Gasteiger partial charge in [0.05, 0.1) is 27.7 Å². The maximum Gasteiger partial charge on any atom is 0.130 e. The van der Waals surface area contributed by atoms with E-state index < -0.39 is 0 Å². The number of hydrogen-bond donors (Lipinski definition) is 0. The van der Waals surface area contributed by atoms with Crippen molar-refractivity contribution in [2.24, 2.45) is 0 Å². The Morgan fingerprint density at radius 3 is 0.847 bits per heavy atom. The topological polar surface area (TPSA) is 18.5 Å². The largest absolute Gasteiger partial charge is 0.379 e. The van der Waals surface area contributed by atoms with Crippen molar-refractivity contribution in [1.29, 1.82) is 0 Å². The number of unbranched alkanes of at least 4 members (excludes halogenated alkanes) is 40. The molecule has 0 saturated heterocycles. The third-order valence-corrected chi connectivity index (χ3v) is 18.3. The van der Waals surface area contributed by atoms with E-state index in [4.69, 9.17) is 9.47 Å². The van der Waals surface area contributed by atoms with Gasteiger partial charge in [-0.2, -0.15) is 23.5 Å². The highest BCUT2D eigenvalue weighted by molar-refractivity contribution is 8.00. The maximum atomic E-state index is 6.48. The number of rotatable bonds is 63. The minimum Gasteiger partial charge on any atom is -0.379 e. The van der Waals surface area contributed by atoms with Crippen molar-refractivity contribution in [2.45, 2.75) is 365 Å². The molecule has 0 saturated carbocycles. The quantitative estimate of drug-likeness (QED) is 0.0343. The van der Waals surface area contributed by atoms with Crippen molar-refractivity contribution in [3.8, 4) is 0 Å². The molecule has 0 radical (unpaired) electrons. The molecule has 0 fully saturated rings. The van der Waals surface area contributed by atoms with Crippen LogP contribution in [-0.2, 0) is 9.47 Å². The molecule has 0 heterocycles. The number of thioether (sulfide) groups is 2. The Bertz CT molecular complexity index is 959. The summed E-state index contributed by atoms with van der Waals surface area (Å²) < 4.78 is 13.7. The minimum absolute atomic E-state index is 0. The third-order valence-electron chi connectivity index (χ3n) is 15.4. The van der Waals surface area contributed by atoms with E-state index in [-0.39, 0.29) is 13.5 Å². The van der Waals surface area contributed by atoms with Crippen LogP contribution in [0.4, 0.5) is 0 Å². The molecule has 0 N–H and O–H groups in total. The Hall–Kier alpha value is 0.580. The number of quaternary nitrogens is 1. The maximum absolute atomic E-state index is 6.48. The van der Waals surface area contributed by atoms with Crippen LogP contribution in [0.2, 0.25) is 0 Å². The lowest BCUT2D eigenvalue weighted by molar-refractivity contribution is -0.873. The van der Waals surface area contributed by atoms with E-state index in [1.165, 1.54) is 333 Å². The van der Waals surface area contributed by atoms with Crippen LogP contribution in [0.25, 0.3) is 0 Å². The summed E-state index contributed by atoms with van der Waals surface area (Å²) in [5.41, 5.74) is 0. The number of likely N-dealkylation sites (N-methyl/N-ethyl adjacent to an activating group) is 1. The Morgan fingerprint density at radius 1 is 0.306 bits per heavy atom. The van der Waals surface area contributed by atoms with E-state index in [9.17, 15) is 0 Å². The van der Waals surface area contributed by atoms with Gasteiger partial charge in [-0.05, 0) is 62.9 Å². The highest BCUT2D eigenvalue weighted by Crippen LogP contribution is 2.28. The summed E-state index contributed by atoms with van der Waals surface area (Å²) in [6.45, 7) is 12.9. The summed E-state index contributed by atoms with van der Waals surface area (Å²) in [5.74, 6) is 2.81. The normalized spacial score (nSPS) is 13.2. The van der Waals surface area contributed by atoms with Gasteiger partial charge in [0.1, 0.15) is 12.6 Å². The van der Waals surface area contributed by atoms with Gasteiger partial charge < -0.3 is 21.4 Å². The second-order valence-electron chi connectivity index (χ2n) is 24.0. The van der Waals surface area contributed by atoms with Crippen LogP contribution < -0.4 is 0 Å². The molecular weight excluding hydrogens is 915 g/mol.